The molecule has 6 heteroatoms. The number of unbranched alkanes of at least 4 members (excludes halogenated alkanes) is 2. The first kappa shape index (κ1) is 18.5. The van der Waals surface area contributed by atoms with E-state index in [1.54, 1.807) is 0 Å². The van der Waals surface area contributed by atoms with Crippen molar-refractivity contribution in [2.45, 2.75) is 78.3 Å². The van der Waals surface area contributed by atoms with Gasteiger partial charge in [-0.2, -0.15) is 0 Å². The third-order valence-electron chi connectivity index (χ3n) is 4.09. The number of hydrogen-bond acceptors (Lipinski definition) is 3. The lowest BCUT2D eigenvalue weighted by atomic mass is 10.1. The van der Waals surface area contributed by atoms with E-state index < -0.39 is 0 Å². The third-order valence-corrected chi connectivity index (χ3v) is 4.09. The zero-order valence-corrected chi connectivity index (χ0v) is 15.4. The van der Waals surface area contributed by atoms with Gasteiger partial charge in [-0.1, -0.05) is 19.8 Å². The predicted molar refractivity (Wildman–Crippen MR) is 94.2 cm³/mol. The molecule has 0 radical (unpaired) electrons. The molecule has 24 heavy (non-hydrogen) atoms. The monoisotopic (exact) mass is 334 g/mol. The number of nitrogens with one attached hydrogen (secondary N) is 2. The van der Waals surface area contributed by atoms with Crippen LogP contribution in [0.15, 0.2) is 0 Å². The quantitative estimate of drug-likeness (QED) is 0.785. The van der Waals surface area contributed by atoms with Crippen molar-refractivity contribution in [2.24, 2.45) is 0 Å². The van der Waals surface area contributed by atoms with Gasteiger partial charge < -0.3 is 15.2 Å². The van der Waals surface area contributed by atoms with Gasteiger partial charge in [0.2, 0.25) is 0 Å². The molecule has 0 aliphatic carbocycles. The van der Waals surface area contributed by atoms with Gasteiger partial charge in [0.25, 0.3) is 11.8 Å². The molecule has 0 aromatic carbocycles. The summed E-state index contributed by atoms with van der Waals surface area (Å²) in [5.74, 6) is 0.00232. The van der Waals surface area contributed by atoms with Crippen molar-refractivity contribution in [3.8, 4) is 0 Å². The Morgan fingerprint density at radius 1 is 1.17 bits per heavy atom. The minimum absolute atomic E-state index is 0.177. The minimum atomic E-state index is -0.329. The van der Waals surface area contributed by atoms with Gasteiger partial charge in [-0.05, 0) is 46.5 Å². The van der Waals surface area contributed by atoms with Crippen molar-refractivity contribution in [1.29, 1.82) is 0 Å². The molecule has 0 unspecified atom stereocenters. The molecule has 134 valence electrons. The molecular formula is C18H30N4O2. The van der Waals surface area contributed by atoms with Gasteiger partial charge in [0.15, 0.2) is 5.82 Å². The van der Waals surface area contributed by atoms with Crippen LogP contribution in [-0.2, 0) is 13.0 Å². The van der Waals surface area contributed by atoms with Crippen LogP contribution < -0.4 is 10.6 Å². The molecule has 2 amide bonds. The number of carbonyl (C=O) groups is 2. The molecule has 1 aromatic rings. The second-order valence-corrected chi connectivity index (χ2v) is 7.51. The molecule has 2 N–H and O–H groups in total. The first-order valence-corrected chi connectivity index (χ1v) is 9.03. The molecule has 1 aliphatic heterocycles. The minimum Gasteiger partial charge on any atom is -0.349 e. The zero-order chi connectivity index (χ0) is 17.7. The van der Waals surface area contributed by atoms with Crippen LogP contribution in [0.3, 0.4) is 0 Å². The van der Waals surface area contributed by atoms with Crippen LogP contribution in [0.2, 0.25) is 0 Å². The fourth-order valence-corrected chi connectivity index (χ4v) is 2.95. The van der Waals surface area contributed by atoms with Crippen LogP contribution in [0.5, 0.6) is 0 Å². The van der Waals surface area contributed by atoms with Gasteiger partial charge in [-0.25, -0.2) is 4.98 Å². The third kappa shape index (κ3) is 4.58. The smallest absolute Gasteiger partial charge is 0.287 e. The van der Waals surface area contributed by atoms with E-state index in [0.29, 0.717) is 18.1 Å². The van der Waals surface area contributed by atoms with E-state index in [2.05, 4.69) is 22.5 Å². The van der Waals surface area contributed by atoms with E-state index in [0.717, 1.165) is 50.8 Å². The molecule has 0 atom stereocenters. The maximum Gasteiger partial charge on any atom is 0.287 e. The van der Waals surface area contributed by atoms with Crippen molar-refractivity contribution in [1.82, 2.24) is 20.2 Å². The first-order valence-electron chi connectivity index (χ1n) is 9.03. The van der Waals surface area contributed by atoms with E-state index >= 15 is 0 Å². The Balaban J connectivity index is 2.20. The number of carbonyl (C=O) groups excluding carboxylic acids is 2. The highest BCUT2D eigenvalue weighted by Crippen LogP contribution is 2.21. The number of aromatic nitrogens is 2. The van der Waals surface area contributed by atoms with Crippen molar-refractivity contribution < 1.29 is 9.59 Å². The fraction of sp³-hybridized carbons (Fsp3) is 0.722. The largest absolute Gasteiger partial charge is 0.349 e. The summed E-state index contributed by atoms with van der Waals surface area (Å²) in [4.78, 5) is 29.4. The van der Waals surface area contributed by atoms with Crippen LogP contribution >= 0.6 is 0 Å². The van der Waals surface area contributed by atoms with Gasteiger partial charge in [-0.15, -0.1) is 0 Å². The average molecular weight is 334 g/mol. The van der Waals surface area contributed by atoms with E-state index in [4.69, 9.17) is 0 Å². The standard InChI is InChI=1S/C18H30N4O2/c1-5-6-8-11-19-17(24)15-20-14(16(23)21-18(2,3)4)13-10-7-9-12-22(13)15/h5-12H2,1-4H3,(H,19,24)(H,21,23). The van der Waals surface area contributed by atoms with Crippen LogP contribution in [0.4, 0.5) is 0 Å². The molecule has 2 heterocycles. The predicted octanol–water partition coefficient (Wildman–Crippen LogP) is 2.67. The fourth-order valence-electron chi connectivity index (χ4n) is 2.95. The highest BCUT2D eigenvalue weighted by atomic mass is 16.2. The Morgan fingerprint density at radius 3 is 2.58 bits per heavy atom. The summed E-state index contributed by atoms with van der Waals surface area (Å²) >= 11 is 0. The highest BCUT2D eigenvalue weighted by molar-refractivity contribution is 5.97. The van der Waals surface area contributed by atoms with Gasteiger partial charge in [0.1, 0.15) is 5.69 Å². The average Bonchev–Trinajstić information content (AvgIpc) is 2.89. The Hall–Kier alpha value is -1.85. The Bertz CT molecular complexity index is 599. The second kappa shape index (κ2) is 7.81. The van der Waals surface area contributed by atoms with Crippen molar-refractivity contribution >= 4 is 11.8 Å². The molecule has 6 nitrogen and oxygen atoms in total. The van der Waals surface area contributed by atoms with Crippen LogP contribution in [0.25, 0.3) is 0 Å². The molecule has 1 aliphatic rings. The van der Waals surface area contributed by atoms with Gasteiger partial charge in [-0.3, -0.25) is 9.59 Å². The van der Waals surface area contributed by atoms with Crippen molar-refractivity contribution in [3.63, 3.8) is 0 Å². The van der Waals surface area contributed by atoms with Crippen LogP contribution in [0, 0.1) is 0 Å². The zero-order valence-electron chi connectivity index (χ0n) is 15.4. The highest BCUT2D eigenvalue weighted by Gasteiger charge is 2.28. The number of fused-ring (bicyclic) bond motifs is 1. The summed E-state index contributed by atoms with van der Waals surface area (Å²) in [7, 11) is 0. The maximum absolute atomic E-state index is 12.5. The van der Waals surface area contributed by atoms with E-state index in [-0.39, 0.29) is 17.4 Å². The lowest BCUT2D eigenvalue weighted by molar-refractivity contribution is 0.0913. The van der Waals surface area contributed by atoms with Crippen molar-refractivity contribution in [3.05, 3.63) is 17.2 Å². The van der Waals surface area contributed by atoms with Crippen molar-refractivity contribution in [2.75, 3.05) is 6.54 Å². The summed E-state index contributed by atoms with van der Waals surface area (Å²) in [6.45, 7) is 9.35. The van der Waals surface area contributed by atoms with E-state index in [1.165, 1.54) is 0 Å². The number of imidazole rings is 1. The Morgan fingerprint density at radius 2 is 1.92 bits per heavy atom. The Kier molecular flexibility index (Phi) is 6.02. The van der Waals surface area contributed by atoms with Gasteiger partial charge in [0, 0.05) is 18.6 Å². The molecule has 0 saturated carbocycles. The lowest BCUT2D eigenvalue weighted by Crippen LogP contribution is -2.41. The summed E-state index contributed by atoms with van der Waals surface area (Å²) < 4.78 is 1.93. The maximum atomic E-state index is 12.5. The van der Waals surface area contributed by atoms with Crippen LogP contribution in [-0.4, -0.2) is 33.4 Å². The lowest BCUT2D eigenvalue weighted by Gasteiger charge is -2.21. The molecule has 0 fully saturated rings. The molecule has 0 saturated heterocycles. The molecule has 0 bridgehead atoms. The Labute approximate surface area is 144 Å². The van der Waals surface area contributed by atoms with Gasteiger partial charge in [0.05, 0.1) is 5.69 Å². The molecule has 2 rings (SSSR count). The normalized spacial score (nSPS) is 14.2. The first-order chi connectivity index (χ1) is 11.3. The number of nitrogens with zero attached hydrogens (tertiary/aromatic N) is 2. The SMILES string of the molecule is CCCCCNC(=O)c1nc(C(=O)NC(C)(C)C)c2n1CCCC2. The van der Waals surface area contributed by atoms with E-state index in [1.807, 2.05) is 25.3 Å². The van der Waals surface area contributed by atoms with Crippen LogP contribution in [0.1, 0.15) is 86.6 Å². The number of hydrogen-bond donors (Lipinski definition) is 2. The van der Waals surface area contributed by atoms with E-state index in [9.17, 15) is 9.59 Å². The molecule has 0 spiro atoms. The number of rotatable bonds is 6. The topological polar surface area (TPSA) is 76.0 Å². The molecular weight excluding hydrogens is 304 g/mol. The summed E-state index contributed by atoms with van der Waals surface area (Å²) in [5.41, 5.74) is 0.968. The molecule has 1 aromatic heterocycles. The summed E-state index contributed by atoms with van der Waals surface area (Å²) in [6.07, 6.45) is 6.01. The van der Waals surface area contributed by atoms with Gasteiger partial charge >= 0.3 is 0 Å². The second-order valence-electron chi connectivity index (χ2n) is 7.51. The number of amides is 2. The summed E-state index contributed by atoms with van der Waals surface area (Å²) in [6, 6.07) is 0. The summed E-state index contributed by atoms with van der Waals surface area (Å²) in [5, 5.41) is 5.88.